The maximum Gasteiger partial charge on any atom is 0.364 e. The van der Waals surface area contributed by atoms with E-state index in [2.05, 4.69) is 36.4 Å². The van der Waals surface area contributed by atoms with Gasteiger partial charge in [0.2, 0.25) is 0 Å². The van der Waals surface area contributed by atoms with Gasteiger partial charge in [0, 0.05) is 17.4 Å². The van der Waals surface area contributed by atoms with E-state index in [1.165, 1.54) is 6.07 Å². The zero-order valence-corrected chi connectivity index (χ0v) is 19.7. The number of carbonyl (C=O) groups is 1. The fourth-order valence-electron chi connectivity index (χ4n) is 3.36. The lowest BCUT2D eigenvalue weighted by Gasteiger charge is -2.10. The lowest BCUT2D eigenvalue weighted by molar-refractivity contribution is 0.0868. The number of rotatable bonds is 5. The Kier molecular flexibility index (Phi) is 5.76. The number of hydrogen-bond acceptors (Lipinski definition) is 4. The van der Waals surface area contributed by atoms with Gasteiger partial charge in [-0.05, 0) is 72.1 Å². The number of nitrogens with zero attached hydrogens (tertiary/aromatic N) is 5. The second-order valence-corrected chi connectivity index (χ2v) is 8.64. The molecule has 1 N–H and O–H groups in total. The molecule has 0 radical (unpaired) electrons. The molecule has 11 heteroatoms. The summed E-state index contributed by atoms with van der Waals surface area (Å²) in [6.45, 7) is 5.97. The van der Waals surface area contributed by atoms with Crippen molar-refractivity contribution in [1.82, 2.24) is 24.4 Å². The van der Waals surface area contributed by atoms with Crippen molar-refractivity contribution in [2.45, 2.75) is 32.7 Å². The van der Waals surface area contributed by atoms with Crippen molar-refractivity contribution in [3.05, 3.63) is 74.9 Å². The molecule has 0 spiro atoms. The van der Waals surface area contributed by atoms with E-state index in [0.29, 0.717) is 17.9 Å². The number of fused-ring (bicyclic) bond motifs is 1. The van der Waals surface area contributed by atoms with Crippen LogP contribution in [0.1, 0.15) is 38.8 Å². The predicted molar refractivity (Wildman–Crippen MR) is 120 cm³/mol. The van der Waals surface area contributed by atoms with Gasteiger partial charge < -0.3 is 5.32 Å². The van der Waals surface area contributed by atoms with Gasteiger partial charge in [-0.15, -0.1) is 0 Å². The second-order valence-electron chi connectivity index (χ2n) is 7.38. The second kappa shape index (κ2) is 8.25. The summed E-state index contributed by atoms with van der Waals surface area (Å²) < 4.78 is 31.2. The Hall–Kier alpha value is -2.85. The molecule has 32 heavy (non-hydrogen) atoms. The molecule has 0 aliphatic carbocycles. The summed E-state index contributed by atoms with van der Waals surface area (Å²) in [4.78, 5) is 16.9. The molecular weight excluding hydrogens is 506 g/mol. The highest BCUT2D eigenvalue weighted by Crippen LogP contribution is 2.32. The normalized spacial score (nSPS) is 11.8. The topological polar surface area (TPSA) is 77.1 Å². The highest BCUT2D eigenvalue weighted by atomic mass is 79.9. The Balaban J connectivity index is 1.59. The molecule has 0 saturated carbocycles. The monoisotopic (exact) mass is 522 g/mol. The van der Waals surface area contributed by atoms with E-state index in [1.807, 2.05) is 36.7 Å². The smallest absolute Gasteiger partial charge is 0.321 e. The number of nitrogens with one attached hydrogen (secondary N) is 1. The number of anilines is 1. The average Bonchev–Trinajstić information content (AvgIpc) is 3.24. The molecule has 7 nitrogen and oxygen atoms in total. The predicted octanol–water partition coefficient (Wildman–Crippen LogP) is 5.20. The zero-order valence-electron chi connectivity index (χ0n) is 17.3. The van der Waals surface area contributed by atoms with Crippen molar-refractivity contribution >= 4 is 44.8 Å². The molecule has 0 aliphatic rings. The summed E-state index contributed by atoms with van der Waals surface area (Å²) in [5, 5.41) is 7.57. The summed E-state index contributed by atoms with van der Waals surface area (Å²) in [6.07, 6.45) is 0. The summed E-state index contributed by atoms with van der Waals surface area (Å²) in [6, 6.07) is 9.76. The first-order valence-electron chi connectivity index (χ1n) is 9.57. The Morgan fingerprint density at radius 2 is 1.94 bits per heavy atom. The van der Waals surface area contributed by atoms with E-state index < -0.39 is 17.0 Å². The van der Waals surface area contributed by atoms with Gasteiger partial charge >= 0.3 is 5.38 Å². The maximum atomic E-state index is 13.8. The maximum absolute atomic E-state index is 13.8. The Morgan fingerprint density at radius 1 is 1.19 bits per heavy atom. The molecule has 1 aromatic carbocycles. The first-order valence-corrected chi connectivity index (χ1v) is 10.7. The number of amides is 1. The van der Waals surface area contributed by atoms with Crippen LogP contribution in [-0.2, 0) is 11.9 Å². The van der Waals surface area contributed by atoms with E-state index in [0.717, 1.165) is 32.0 Å². The Morgan fingerprint density at radius 3 is 2.59 bits per heavy atom. The quantitative estimate of drug-likeness (QED) is 0.365. The first-order chi connectivity index (χ1) is 15.0. The van der Waals surface area contributed by atoms with Crippen molar-refractivity contribution < 1.29 is 13.6 Å². The lowest BCUT2D eigenvalue weighted by atomic mass is 10.2. The van der Waals surface area contributed by atoms with Crippen LogP contribution in [0.15, 0.2) is 40.9 Å². The molecule has 0 atom stereocenters. The van der Waals surface area contributed by atoms with Crippen molar-refractivity contribution in [1.29, 1.82) is 0 Å². The third-order valence-electron chi connectivity index (χ3n) is 4.89. The van der Waals surface area contributed by atoms with Crippen LogP contribution >= 0.6 is 27.5 Å². The molecule has 0 fully saturated rings. The Labute approximate surface area is 195 Å². The molecule has 4 aromatic rings. The zero-order chi connectivity index (χ0) is 23.2. The minimum absolute atomic E-state index is 0.0573. The summed E-state index contributed by atoms with van der Waals surface area (Å²) >= 11 is 8.71. The molecule has 4 rings (SSSR count). The van der Waals surface area contributed by atoms with Crippen molar-refractivity contribution in [2.24, 2.45) is 0 Å². The largest absolute Gasteiger partial charge is 0.364 e. The fraction of sp³-hybridized carbons (Fsp3) is 0.238. The molecule has 1 amide bonds. The number of aromatic nitrogens is 5. The third-order valence-corrected chi connectivity index (χ3v) is 6.23. The Bertz CT molecular complexity index is 1340. The highest BCUT2D eigenvalue weighted by Gasteiger charge is 2.32. The number of aryl methyl sites for hydroxylation is 2. The van der Waals surface area contributed by atoms with Gasteiger partial charge in [-0.25, -0.2) is 9.50 Å². The average molecular weight is 524 g/mol. The van der Waals surface area contributed by atoms with Crippen LogP contribution in [-0.4, -0.2) is 30.3 Å². The first kappa shape index (κ1) is 22.3. The van der Waals surface area contributed by atoms with Gasteiger partial charge in [0.05, 0.1) is 22.4 Å². The fourth-order valence-corrected chi connectivity index (χ4v) is 3.78. The van der Waals surface area contributed by atoms with Gasteiger partial charge in [-0.2, -0.15) is 19.0 Å². The number of halogens is 4. The van der Waals surface area contributed by atoms with Crippen molar-refractivity contribution in [3.63, 3.8) is 0 Å². The van der Waals surface area contributed by atoms with Gasteiger partial charge in [0.15, 0.2) is 11.3 Å². The van der Waals surface area contributed by atoms with E-state index in [4.69, 9.17) is 11.6 Å². The van der Waals surface area contributed by atoms with Crippen LogP contribution in [0.2, 0.25) is 0 Å². The van der Waals surface area contributed by atoms with Gasteiger partial charge in [0.25, 0.3) is 5.91 Å². The van der Waals surface area contributed by atoms with Crippen molar-refractivity contribution in [2.75, 3.05) is 5.32 Å². The lowest BCUT2D eigenvalue weighted by Crippen LogP contribution is -2.15. The summed E-state index contributed by atoms with van der Waals surface area (Å²) in [5.74, 6) is -0.553. The van der Waals surface area contributed by atoms with E-state index in [9.17, 15) is 13.6 Å². The standard InChI is InChI=1S/C21H18BrClF2N6O/c1-11-7-17(21(23,24)25)31-18(26-11)9-16(29-31)20(32)27-15-6-4-5-14(8-15)10-30-13(3)19(22)12(2)28-30/h4-9H,10H2,1-3H3,(H,27,32). The molecule has 0 saturated heterocycles. The number of hydrogen-bond donors (Lipinski definition) is 1. The number of carbonyl (C=O) groups excluding carboxylic acids is 1. The van der Waals surface area contributed by atoms with Gasteiger partial charge in [-0.1, -0.05) is 12.1 Å². The summed E-state index contributed by atoms with van der Waals surface area (Å²) in [5.41, 5.74) is 3.18. The number of benzene rings is 1. The molecule has 0 bridgehead atoms. The van der Waals surface area contributed by atoms with Gasteiger partial charge in [-0.3, -0.25) is 9.48 Å². The highest BCUT2D eigenvalue weighted by molar-refractivity contribution is 9.10. The van der Waals surface area contributed by atoms with Crippen LogP contribution in [0.4, 0.5) is 14.5 Å². The van der Waals surface area contributed by atoms with Crippen LogP contribution in [0.3, 0.4) is 0 Å². The third kappa shape index (κ3) is 4.37. The summed E-state index contributed by atoms with van der Waals surface area (Å²) in [7, 11) is 0. The SMILES string of the molecule is Cc1cc(C(F)(F)Cl)n2nc(C(=O)Nc3cccc(Cn4nc(C)c(Br)c4C)c3)cc2n1. The molecule has 166 valence electrons. The van der Waals surface area contributed by atoms with Crippen LogP contribution in [0, 0.1) is 20.8 Å². The van der Waals surface area contributed by atoms with E-state index >= 15 is 0 Å². The minimum atomic E-state index is -3.65. The number of alkyl halides is 3. The van der Waals surface area contributed by atoms with Crippen LogP contribution < -0.4 is 5.32 Å². The molecule has 3 heterocycles. The van der Waals surface area contributed by atoms with Crippen molar-refractivity contribution in [3.8, 4) is 0 Å². The molecular formula is C21H18BrClF2N6O. The molecule has 3 aromatic heterocycles. The van der Waals surface area contributed by atoms with E-state index in [-0.39, 0.29) is 11.3 Å². The van der Waals surface area contributed by atoms with E-state index in [1.54, 1.807) is 13.0 Å². The van der Waals surface area contributed by atoms with Gasteiger partial charge in [0.1, 0.15) is 5.69 Å². The minimum Gasteiger partial charge on any atom is -0.321 e. The molecule has 0 unspecified atom stereocenters. The van der Waals surface area contributed by atoms with Crippen LogP contribution in [0.25, 0.3) is 5.65 Å². The molecule has 0 aliphatic heterocycles. The van der Waals surface area contributed by atoms with Crippen LogP contribution in [0.5, 0.6) is 0 Å².